The number of anilines is 2. The van der Waals surface area contributed by atoms with Crippen LogP contribution in [0.5, 0.6) is 0 Å². The van der Waals surface area contributed by atoms with Crippen LogP contribution < -0.4 is 5.32 Å². The van der Waals surface area contributed by atoms with E-state index in [1.165, 1.54) is 0 Å². The second-order valence-corrected chi connectivity index (χ2v) is 6.69. The zero-order valence-electron chi connectivity index (χ0n) is 15.5. The number of aryl methyl sites for hydroxylation is 1. The molecule has 0 bridgehead atoms. The van der Waals surface area contributed by atoms with Crippen molar-refractivity contribution in [2.45, 2.75) is 13.3 Å². The van der Waals surface area contributed by atoms with E-state index >= 15 is 0 Å². The molecule has 0 unspecified atom stereocenters. The van der Waals surface area contributed by atoms with Crippen molar-refractivity contribution < 1.29 is 0 Å². The van der Waals surface area contributed by atoms with Crippen molar-refractivity contribution in [3.05, 3.63) is 78.5 Å². The molecular weight excluding hydrogens is 346 g/mol. The molecule has 0 aliphatic carbocycles. The van der Waals surface area contributed by atoms with Gasteiger partial charge in [-0.05, 0) is 36.8 Å². The third-order valence-corrected chi connectivity index (χ3v) is 4.88. The van der Waals surface area contributed by atoms with Crippen LogP contribution in [0.4, 0.5) is 11.5 Å². The summed E-state index contributed by atoms with van der Waals surface area (Å²) in [6, 6.07) is 24.3. The topological polar surface area (TPSA) is 66.5 Å². The Bertz CT molecular complexity index is 1270. The molecule has 5 heteroatoms. The van der Waals surface area contributed by atoms with Crippen LogP contribution in [0.3, 0.4) is 0 Å². The van der Waals surface area contributed by atoms with Gasteiger partial charge in [0, 0.05) is 27.7 Å². The van der Waals surface area contributed by atoms with Gasteiger partial charge in [-0.2, -0.15) is 5.10 Å². The number of aromatic nitrogens is 4. The summed E-state index contributed by atoms with van der Waals surface area (Å²) in [6.07, 6.45) is 0.911. The SMILES string of the molecule is CCc1[nH]nc2ccc(Nc3nc(-c4ccccc4)nc4ccccc34)cc12. The minimum absolute atomic E-state index is 0.709. The van der Waals surface area contributed by atoms with Crippen molar-refractivity contribution in [3.8, 4) is 11.4 Å². The summed E-state index contributed by atoms with van der Waals surface area (Å²) >= 11 is 0. The maximum atomic E-state index is 4.83. The van der Waals surface area contributed by atoms with Gasteiger partial charge in [-0.25, -0.2) is 9.97 Å². The maximum Gasteiger partial charge on any atom is 0.162 e. The Labute approximate surface area is 162 Å². The highest BCUT2D eigenvalue weighted by Gasteiger charge is 2.11. The number of hydrogen-bond acceptors (Lipinski definition) is 4. The Morgan fingerprint density at radius 2 is 1.64 bits per heavy atom. The van der Waals surface area contributed by atoms with Crippen LogP contribution in [-0.4, -0.2) is 20.2 Å². The molecule has 0 fully saturated rings. The molecule has 0 saturated heterocycles. The summed E-state index contributed by atoms with van der Waals surface area (Å²) in [5, 5.41) is 13.1. The van der Waals surface area contributed by atoms with Gasteiger partial charge in [0.1, 0.15) is 5.82 Å². The summed E-state index contributed by atoms with van der Waals surface area (Å²) in [5.41, 5.74) is 5.00. The third-order valence-electron chi connectivity index (χ3n) is 4.88. The number of H-pyrrole nitrogens is 1. The zero-order valence-corrected chi connectivity index (χ0v) is 15.5. The first-order valence-electron chi connectivity index (χ1n) is 9.38. The minimum Gasteiger partial charge on any atom is -0.340 e. The second-order valence-electron chi connectivity index (χ2n) is 6.69. The summed E-state index contributed by atoms with van der Waals surface area (Å²) < 4.78 is 0. The van der Waals surface area contributed by atoms with Crippen LogP contribution in [0.15, 0.2) is 72.8 Å². The first-order valence-corrected chi connectivity index (χ1v) is 9.38. The summed E-state index contributed by atoms with van der Waals surface area (Å²) in [6.45, 7) is 2.12. The van der Waals surface area contributed by atoms with Crippen LogP contribution in [0.1, 0.15) is 12.6 Å². The molecule has 0 radical (unpaired) electrons. The first kappa shape index (κ1) is 16.4. The Morgan fingerprint density at radius 3 is 2.50 bits per heavy atom. The van der Waals surface area contributed by atoms with Gasteiger partial charge >= 0.3 is 0 Å². The molecule has 2 heterocycles. The lowest BCUT2D eigenvalue weighted by Crippen LogP contribution is -1.99. The number of benzene rings is 3. The summed E-state index contributed by atoms with van der Waals surface area (Å²) in [4.78, 5) is 9.58. The van der Waals surface area contributed by atoms with E-state index in [1.807, 2.05) is 66.7 Å². The molecule has 0 aliphatic rings. The van der Waals surface area contributed by atoms with Gasteiger partial charge in [-0.1, -0.05) is 49.4 Å². The molecule has 5 rings (SSSR count). The van der Waals surface area contributed by atoms with E-state index in [0.717, 1.165) is 51.0 Å². The Morgan fingerprint density at radius 1 is 0.821 bits per heavy atom. The highest BCUT2D eigenvalue weighted by Crippen LogP contribution is 2.29. The number of aromatic amines is 1. The molecule has 136 valence electrons. The number of para-hydroxylation sites is 1. The van der Waals surface area contributed by atoms with Crippen LogP contribution in [0.25, 0.3) is 33.2 Å². The van der Waals surface area contributed by atoms with Crippen LogP contribution >= 0.6 is 0 Å². The largest absolute Gasteiger partial charge is 0.340 e. The molecule has 2 aromatic heterocycles. The number of rotatable bonds is 4. The minimum atomic E-state index is 0.709. The smallest absolute Gasteiger partial charge is 0.162 e. The van der Waals surface area contributed by atoms with E-state index in [-0.39, 0.29) is 0 Å². The van der Waals surface area contributed by atoms with E-state index in [9.17, 15) is 0 Å². The Hall–Kier alpha value is -3.73. The average molecular weight is 365 g/mol. The molecule has 2 N–H and O–H groups in total. The zero-order chi connectivity index (χ0) is 18.9. The lowest BCUT2D eigenvalue weighted by molar-refractivity contribution is 0.988. The van der Waals surface area contributed by atoms with Gasteiger partial charge in [-0.15, -0.1) is 0 Å². The monoisotopic (exact) mass is 365 g/mol. The number of nitrogens with one attached hydrogen (secondary N) is 2. The van der Waals surface area contributed by atoms with Crippen molar-refractivity contribution in [2.75, 3.05) is 5.32 Å². The predicted octanol–water partition coefficient (Wildman–Crippen LogP) is 5.48. The van der Waals surface area contributed by atoms with Crippen molar-refractivity contribution in [1.29, 1.82) is 0 Å². The van der Waals surface area contributed by atoms with Gasteiger partial charge in [0.15, 0.2) is 5.82 Å². The van der Waals surface area contributed by atoms with Gasteiger partial charge < -0.3 is 5.32 Å². The molecule has 5 nitrogen and oxygen atoms in total. The van der Waals surface area contributed by atoms with E-state index < -0.39 is 0 Å². The molecule has 0 aliphatic heterocycles. The Balaban J connectivity index is 1.63. The van der Waals surface area contributed by atoms with E-state index in [2.05, 4.69) is 28.5 Å². The first-order chi connectivity index (χ1) is 13.8. The molecule has 3 aromatic carbocycles. The van der Waals surface area contributed by atoms with Crippen molar-refractivity contribution in [2.24, 2.45) is 0 Å². The molecule has 0 atom stereocenters. The van der Waals surface area contributed by atoms with Crippen LogP contribution in [0, 0.1) is 0 Å². The number of nitrogens with zero attached hydrogens (tertiary/aromatic N) is 3. The van der Waals surface area contributed by atoms with Gasteiger partial charge in [0.05, 0.1) is 11.0 Å². The fraction of sp³-hybridized carbons (Fsp3) is 0.0870. The van der Waals surface area contributed by atoms with E-state index in [0.29, 0.717) is 5.82 Å². The molecule has 0 spiro atoms. The van der Waals surface area contributed by atoms with Crippen molar-refractivity contribution >= 4 is 33.3 Å². The standard InChI is InChI=1S/C23H19N5/c1-2-19-18-14-16(12-13-21(18)28-27-19)24-23-17-10-6-7-11-20(17)25-22(26-23)15-8-4-3-5-9-15/h3-14H,2H2,1H3,(H,27,28)(H,24,25,26). The molecule has 28 heavy (non-hydrogen) atoms. The highest BCUT2D eigenvalue weighted by atomic mass is 15.1. The predicted molar refractivity (Wildman–Crippen MR) is 114 cm³/mol. The van der Waals surface area contributed by atoms with Gasteiger partial charge in [0.25, 0.3) is 0 Å². The second kappa shape index (κ2) is 6.78. The quantitative estimate of drug-likeness (QED) is 0.443. The van der Waals surface area contributed by atoms with Gasteiger partial charge in [-0.3, -0.25) is 5.10 Å². The fourth-order valence-electron chi connectivity index (χ4n) is 3.44. The van der Waals surface area contributed by atoms with Crippen molar-refractivity contribution in [1.82, 2.24) is 20.2 Å². The number of fused-ring (bicyclic) bond motifs is 2. The van der Waals surface area contributed by atoms with Crippen LogP contribution in [-0.2, 0) is 6.42 Å². The highest BCUT2D eigenvalue weighted by molar-refractivity contribution is 5.93. The lowest BCUT2D eigenvalue weighted by atomic mass is 10.1. The normalized spacial score (nSPS) is 11.2. The van der Waals surface area contributed by atoms with Crippen LogP contribution in [0.2, 0.25) is 0 Å². The van der Waals surface area contributed by atoms with E-state index in [1.54, 1.807) is 0 Å². The molecule has 5 aromatic rings. The molecule has 0 amide bonds. The van der Waals surface area contributed by atoms with E-state index in [4.69, 9.17) is 9.97 Å². The lowest BCUT2D eigenvalue weighted by Gasteiger charge is -2.11. The summed E-state index contributed by atoms with van der Waals surface area (Å²) in [7, 11) is 0. The fourth-order valence-corrected chi connectivity index (χ4v) is 3.44. The third kappa shape index (κ3) is 2.87. The average Bonchev–Trinajstić information content (AvgIpc) is 3.16. The van der Waals surface area contributed by atoms with Crippen molar-refractivity contribution in [3.63, 3.8) is 0 Å². The molecule has 0 saturated carbocycles. The van der Waals surface area contributed by atoms with Gasteiger partial charge in [0.2, 0.25) is 0 Å². The number of hydrogen-bond donors (Lipinski definition) is 2. The summed E-state index contributed by atoms with van der Waals surface area (Å²) in [5.74, 6) is 1.51. The molecular formula is C23H19N5. The Kier molecular flexibility index (Phi) is 3.98. The maximum absolute atomic E-state index is 4.83.